The van der Waals surface area contributed by atoms with E-state index in [1.54, 1.807) is 4.90 Å². The number of carbonyl (C=O) groups excluding carboxylic acids is 2. The highest BCUT2D eigenvalue weighted by Crippen LogP contribution is 2.35. The van der Waals surface area contributed by atoms with E-state index in [9.17, 15) is 19.5 Å². The van der Waals surface area contributed by atoms with Crippen molar-refractivity contribution in [3.05, 3.63) is 81.5 Å². The van der Waals surface area contributed by atoms with Crippen molar-refractivity contribution in [3.8, 4) is 11.3 Å². The molecule has 0 saturated carbocycles. The van der Waals surface area contributed by atoms with Gasteiger partial charge < -0.3 is 24.4 Å². The number of rotatable bonds is 6. The van der Waals surface area contributed by atoms with Crippen LogP contribution in [0.5, 0.6) is 0 Å². The number of carbonyl (C=O) groups is 3. The zero-order valence-corrected chi connectivity index (χ0v) is 24.7. The van der Waals surface area contributed by atoms with Crippen molar-refractivity contribution < 1.29 is 19.5 Å². The highest BCUT2D eigenvalue weighted by Gasteiger charge is 2.32. The van der Waals surface area contributed by atoms with E-state index in [2.05, 4.69) is 26.0 Å². The molecular formula is C33H40N4O4. The minimum atomic E-state index is -0.956. The zero-order valence-electron chi connectivity index (χ0n) is 24.7. The predicted molar refractivity (Wildman–Crippen MR) is 159 cm³/mol. The van der Waals surface area contributed by atoms with Crippen LogP contribution in [-0.4, -0.2) is 68.5 Å². The molecule has 8 heteroatoms. The number of nitrogens with zero attached hydrogens (tertiary/aromatic N) is 4. The van der Waals surface area contributed by atoms with Gasteiger partial charge in [-0.15, -0.1) is 0 Å². The summed E-state index contributed by atoms with van der Waals surface area (Å²) in [6.07, 6.45) is 2.35. The van der Waals surface area contributed by atoms with Crippen molar-refractivity contribution >= 4 is 17.9 Å². The van der Waals surface area contributed by atoms with E-state index in [0.29, 0.717) is 37.2 Å². The molecule has 0 spiro atoms. The number of unbranched alkanes of at least 4 members (excludes halogenated alkanes) is 1. The van der Waals surface area contributed by atoms with E-state index in [1.807, 2.05) is 60.8 Å². The first kappa shape index (κ1) is 28.5. The van der Waals surface area contributed by atoms with Crippen molar-refractivity contribution in [2.75, 3.05) is 20.1 Å². The third kappa shape index (κ3) is 5.35. The van der Waals surface area contributed by atoms with Crippen molar-refractivity contribution in [2.45, 2.75) is 65.6 Å². The number of hydrogen-bond donors (Lipinski definition) is 1. The van der Waals surface area contributed by atoms with Gasteiger partial charge in [0.1, 0.15) is 0 Å². The number of hydrogen-bond acceptors (Lipinski definition) is 3. The van der Waals surface area contributed by atoms with Gasteiger partial charge >= 0.3 is 6.09 Å². The van der Waals surface area contributed by atoms with E-state index in [1.165, 1.54) is 10.5 Å². The summed E-state index contributed by atoms with van der Waals surface area (Å²) in [6.45, 7) is 8.00. The van der Waals surface area contributed by atoms with Crippen LogP contribution in [0.4, 0.5) is 4.79 Å². The Kier molecular flexibility index (Phi) is 7.93. The maximum atomic E-state index is 14.4. The van der Waals surface area contributed by atoms with Gasteiger partial charge in [0.15, 0.2) is 0 Å². The minimum absolute atomic E-state index is 0.0105. The van der Waals surface area contributed by atoms with Gasteiger partial charge in [0, 0.05) is 68.8 Å². The molecule has 1 aromatic heterocycles. The molecule has 0 radical (unpaired) electrons. The van der Waals surface area contributed by atoms with Crippen LogP contribution in [0, 0.1) is 6.92 Å². The SMILES string of the molecule is CCCCN(C)C(=O)c1cc(-c2cc3c(cc2C(=O)N2Cc4ccccc4C[C@H]2C)CN(C(=O)O)CC3)n(C)c1C. The molecule has 0 bridgehead atoms. The molecule has 0 saturated heterocycles. The van der Waals surface area contributed by atoms with E-state index in [0.717, 1.165) is 52.9 Å². The molecule has 1 atom stereocenters. The summed E-state index contributed by atoms with van der Waals surface area (Å²) in [5.74, 6) is -0.106. The molecule has 8 nitrogen and oxygen atoms in total. The monoisotopic (exact) mass is 556 g/mol. The van der Waals surface area contributed by atoms with E-state index in [4.69, 9.17) is 0 Å². The fourth-order valence-electron chi connectivity index (χ4n) is 6.14. The molecule has 3 aromatic rings. The summed E-state index contributed by atoms with van der Waals surface area (Å²) >= 11 is 0. The smallest absolute Gasteiger partial charge is 0.407 e. The Bertz CT molecular complexity index is 1510. The average Bonchev–Trinajstić information content (AvgIpc) is 3.27. The third-order valence-corrected chi connectivity index (χ3v) is 8.86. The largest absolute Gasteiger partial charge is 0.465 e. The molecule has 41 heavy (non-hydrogen) atoms. The molecule has 3 heterocycles. The van der Waals surface area contributed by atoms with E-state index < -0.39 is 6.09 Å². The second-order valence-corrected chi connectivity index (χ2v) is 11.5. The van der Waals surface area contributed by atoms with Crippen LogP contribution in [0.1, 0.15) is 75.4 Å². The van der Waals surface area contributed by atoms with Crippen molar-refractivity contribution in [1.29, 1.82) is 0 Å². The van der Waals surface area contributed by atoms with Crippen LogP contribution < -0.4 is 0 Å². The van der Waals surface area contributed by atoms with Gasteiger partial charge in [0.25, 0.3) is 11.8 Å². The molecule has 1 N–H and O–H groups in total. The molecule has 0 unspecified atom stereocenters. The number of aromatic nitrogens is 1. The van der Waals surface area contributed by atoms with Gasteiger partial charge in [-0.25, -0.2) is 4.79 Å². The quantitative estimate of drug-likeness (QED) is 0.435. The Morgan fingerprint density at radius 3 is 2.44 bits per heavy atom. The minimum Gasteiger partial charge on any atom is -0.465 e. The van der Waals surface area contributed by atoms with Crippen LogP contribution >= 0.6 is 0 Å². The summed E-state index contributed by atoms with van der Waals surface area (Å²) in [5.41, 5.74) is 7.93. The second kappa shape index (κ2) is 11.4. The molecular weight excluding hydrogens is 516 g/mol. The number of fused-ring (bicyclic) bond motifs is 2. The van der Waals surface area contributed by atoms with Crippen molar-refractivity contribution in [1.82, 2.24) is 19.3 Å². The lowest BCUT2D eigenvalue weighted by Gasteiger charge is -2.36. The summed E-state index contributed by atoms with van der Waals surface area (Å²) in [6, 6.07) is 14.1. The summed E-state index contributed by atoms with van der Waals surface area (Å²) in [7, 11) is 3.77. The summed E-state index contributed by atoms with van der Waals surface area (Å²) < 4.78 is 2.00. The predicted octanol–water partition coefficient (Wildman–Crippen LogP) is 5.50. The lowest BCUT2D eigenvalue weighted by molar-refractivity contribution is 0.0658. The van der Waals surface area contributed by atoms with E-state index >= 15 is 0 Å². The maximum Gasteiger partial charge on any atom is 0.407 e. The van der Waals surface area contributed by atoms with Crippen LogP contribution in [0.3, 0.4) is 0 Å². The Labute approximate surface area is 242 Å². The summed E-state index contributed by atoms with van der Waals surface area (Å²) in [5, 5.41) is 9.64. The lowest BCUT2D eigenvalue weighted by atomic mass is 9.90. The molecule has 0 fully saturated rings. The Morgan fingerprint density at radius 1 is 1.00 bits per heavy atom. The first-order valence-electron chi connectivity index (χ1n) is 14.5. The standard InChI is InChI=1S/C33H40N4O4/c1-6-7-13-34(4)31(38)27-18-30(35(5)22(27)3)28-16-24-12-14-36(33(40)41)19-26(24)17-29(28)32(39)37-20-25-11-9-8-10-23(25)15-21(37)2/h8-11,16-18,21H,6-7,12-15,19-20H2,1-5H3,(H,40,41)/t21-/m1/s1. The van der Waals surface area contributed by atoms with Gasteiger partial charge in [-0.3, -0.25) is 9.59 Å². The number of amides is 3. The molecule has 2 aromatic carbocycles. The fraction of sp³-hybridized carbons (Fsp3) is 0.424. The first-order valence-corrected chi connectivity index (χ1v) is 14.5. The number of benzene rings is 2. The van der Waals surface area contributed by atoms with E-state index in [-0.39, 0.29) is 24.4 Å². The second-order valence-electron chi connectivity index (χ2n) is 11.5. The average molecular weight is 557 g/mol. The van der Waals surface area contributed by atoms with Crippen LogP contribution in [0.15, 0.2) is 42.5 Å². The molecule has 0 aliphatic carbocycles. The van der Waals surface area contributed by atoms with Crippen LogP contribution in [0.25, 0.3) is 11.3 Å². The van der Waals surface area contributed by atoms with Gasteiger partial charge in [-0.2, -0.15) is 0 Å². The topological polar surface area (TPSA) is 86.1 Å². The number of carboxylic acid groups (broad SMARTS) is 1. The molecule has 2 aliphatic heterocycles. The Morgan fingerprint density at radius 2 is 1.73 bits per heavy atom. The molecule has 5 rings (SSSR count). The molecule has 3 amide bonds. The van der Waals surface area contributed by atoms with Crippen LogP contribution in [-0.2, 0) is 33.0 Å². The molecule has 2 aliphatic rings. The Hall–Kier alpha value is -4.07. The Balaban J connectivity index is 1.60. The first-order chi connectivity index (χ1) is 19.6. The van der Waals surface area contributed by atoms with Gasteiger partial charge in [0.05, 0.1) is 5.56 Å². The van der Waals surface area contributed by atoms with Gasteiger partial charge in [0.2, 0.25) is 0 Å². The summed E-state index contributed by atoms with van der Waals surface area (Å²) in [4.78, 5) is 44.6. The highest BCUT2D eigenvalue weighted by atomic mass is 16.4. The highest BCUT2D eigenvalue weighted by molar-refractivity contribution is 6.03. The lowest BCUT2D eigenvalue weighted by Crippen LogP contribution is -2.43. The maximum absolute atomic E-state index is 14.4. The van der Waals surface area contributed by atoms with Gasteiger partial charge in [-0.1, -0.05) is 37.6 Å². The van der Waals surface area contributed by atoms with Gasteiger partial charge in [-0.05, 0) is 73.6 Å². The van der Waals surface area contributed by atoms with Crippen molar-refractivity contribution in [2.24, 2.45) is 7.05 Å². The normalized spacial score (nSPS) is 16.3. The third-order valence-electron chi connectivity index (χ3n) is 8.86. The fourth-order valence-corrected chi connectivity index (χ4v) is 6.14. The zero-order chi connectivity index (χ0) is 29.4. The van der Waals surface area contributed by atoms with Crippen LogP contribution in [0.2, 0.25) is 0 Å². The van der Waals surface area contributed by atoms with Crippen molar-refractivity contribution in [3.63, 3.8) is 0 Å². The molecule has 216 valence electrons.